The van der Waals surface area contributed by atoms with Gasteiger partial charge in [0.05, 0.1) is 19.7 Å². The highest BCUT2D eigenvalue weighted by Crippen LogP contribution is 2.16. The van der Waals surface area contributed by atoms with Crippen molar-refractivity contribution in [3.8, 4) is 5.75 Å². The second-order valence-electron chi connectivity index (χ2n) is 7.28. The first-order chi connectivity index (χ1) is 15.8. The van der Waals surface area contributed by atoms with Crippen LogP contribution in [0.15, 0.2) is 60.7 Å². The number of aromatic nitrogens is 2. The van der Waals surface area contributed by atoms with Crippen LogP contribution < -0.4 is 10.1 Å². The number of methoxy groups -OCH3 is 1. The van der Waals surface area contributed by atoms with Crippen molar-refractivity contribution in [3.05, 3.63) is 83.2 Å². The minimum absolute atomic E-state index is 0.0519. The summed E-state index contributed by atoms with van der Waals surface area (Å²) in [6.45, 7) is 0.0668. The predicted molar refractivity (Wildman–Crippen MR) is 116 cm³/mol. The number of aliphatic hydroxyl groups excluding tert-OH is 1. The molecule has 2 aromatic carbocycles. The lowest BCUT2D eigenvalue weighted by Crippen LogP contribution is -2.48. The van der Waals surface area contributed by atoms with Gasteiger partial charge in [0.25, 0.3) is 5.91 Å². The molecule has 2 atom stereocenters. The number of carboxylic acid groups (broad SMARTS) is 2. The van der Waals surface area contributed by atoms with E-state index in [9.17, 15) is 29.7 Å². The SMILES string of the molecule is COc1cccc(Cn2nc(C(=O)NC(Cc3ccccc3)C(O)C(=O)O)cc2C(=O)O)c1. The van der Waals surface area contributed by atoms with Gasteiger partial charge in [-0.2, -0.15) is 5.10 Å². The third-order valence-corrected chi connectivity index (χ3v) is 4.95. The second kappa shape index (κ2) is 10.4. The van der Waals surface area contributed by atoms with E-state index in [1.807, 2.05) is 0 Å². The highest BCUT2D eigenvalue weighted by Gasteiger charge is 2.29. The summed E-state index contributed by atoms with van der Waals surface area (Å²) in [6, 6.07) is 15.7. The number of carbonyl (C=O) groups is 3. The average Bonchev–Trinajstić information content (AvgIpc) is 3.23. The van der Waals surface area contributed by atoms with Crippen LogP contribution in [0.25, 0.3) is 0 Å². The van der Waals surface area contributed by atoms with E-state index in [-0.39, 0.29) is 24.4 Å². The van der Waals surface area contributed by atoms with E-state index in [1.165, 1.54) is 7.11 Å². The van der Waals surface area contributed by atoms with Gasteiger partial charge in [-0.05, 0) is 29.7 Å². The zero-order valence-corrected chi connectivity index (χ0v) is 17.7. The Balaban J connectivity index is 1.84. The number of aromatic carboxylic acids is 1. The molecule has 10 nitrogen and oxygen atoms in total. The summed E-state index contributed by atoms with van der Waals surface area (Å²) in [5.74, 6) is -2.99. The Bertz CT molecular complexity index is 1140. The molecule has 10 heteroatoms. The molecule has 1 amide bonds. The largest absolute Gasteiger partial charge is 0.497 e. The van der Waals surface area contributed by atoms with Crippen molar-refractivity contribution in [2.24, 2.45) is 0 Å². The Hall–Kier alpha value is -4.18. The zero-order valence-electron chi connectivity index (χ0n) is 17.7. The van der Waals surface area contributed by atoms with Crippen molar-refractivity contribution >= 4 is 17.8 Å². The van der Waals surface area contributed by atoms with Gasteiger partial charge >= 0.3 is 11.9 Å². The fraction of sp³-hybridized carbons (Fsp3) is 0.217. The van der Waals surface area contributed by atoms with Gasteiger partial charge in [-0.15, -0.1) is 0 Å². The molecule has 172 valence electrons. The van der Waals surface area contributed by atoms with Crippen LogP contribution in [-0.4, -0.2) is 62.2 Å². The minimum atomic E-state index is -1.87. The third kappa shape index (κ3) is 5.95. The van der Waals surface area contributed by atoms with E-state index in [1.54, 1.807) is 54.6 Å². The first-order valence-corrected chi connectivity index (χ1v) is 9.98. The van der Waals surface area contributed by atoms with E-state index < -0.39 is 30.0 Å². The van der Waals surface area contributed by atoms with Crippen LogP contribution in [0.2, 0.25) is 0 Å². The molecule has 0 saturated carbocycles. The topological polar surface area (TPSA) is 151 Å². The maximum absolute atomic E-state index is 12.8. The molecule has 3 aromatic rings. The number of hydrogen-bond donors (Lipinski definition) is 4. The van der Waals surface area contributed by atoms with Crippen molar-refractivity contribution in [1.29, 1.82) is 0 Å². The standard InChI is InChI=1S/C23H23N3O7/c1-33-16-9-5-8-15(10-16)13-26-19(22(29)30)12-18(25-26)21(28)24-17(20(27)23(31)32)11-14-6-3-2-4-7-14/h2-10,12,17,20,27H,11,13H2,1H3,(H,24,28)(H,29,30)(H,31,32). The highest BCUT2D eigenvalue weighted by molar-refractivity contribution is 5.96. The van der Waals surface area contributed by atoms with Gasteiger partial charge in [0.15, 0.2) is 11.8 Å². The summed E-state index contributed by atoms with van der Waals surface area (Å²) in [6.07, 6.45) is -1.82. The molecule has 4 N–H and O–H groups in total. The van der Waals surface area contributed by atoms with Crippen molar-refractivity contribution in [1.82, 2.24) is 15.1 Å². The summed E-state index contributed by atoms with van der Waals surface area (Å²) in [5, 5.41) is 35.4. The Morgan fingerprint density at radius 3 is 2.36 bits per heavy atom. The van der Waals surface area contributed by atoms with Crippen LogP contribution >= 0.6 is 0 Å². The van der Waals surface area contributed by atoms with E-state index in [0.29, 0.717) is 16.9 Å². The van der Waals surface area contributed by atoms with Gasteiger partial charge in [-0.25, -0.2) is 9.59 Å². The quantitative estimate of drug-likeness (QED) is 0.360. The molecule has 3 rings (SSSR count). The van der Waals surface area contributed by atoms with E-state index in [2.05, 4.69) is 10.4 Å². The molecule has 1 aromatic heterocycles. The molecule has 0 radical (unpaired) electrons. The van der Waals surface area contributed by atoms with E-state index in [4.69, 9.17) is 4.74 Å². The Kier molecular flexibility index (Phi) is 7.42. The third-order valence-electron chi connectivity index (χ3n) is 4.95. The summed E-state index contributed by atoms with van der Waals surface area (Å²) in [7, 11) is 1.51. The molecule has 0 aliphatic heterocycles. The smallest absolute Gasteiger partial charge is 0.354 e. The number of ether oxygens (including phenoxy) is 1. The molecular weight excluding hydrogens is 430 g/mol. The fourth-order valence-electron chi connectivity index (χ4n) is 3.29. The second-order valence-corrected chi connectivity index (χ2v) is 7.28. The highest BCUT2D eigenvalue weighted by atomic mass is 16.5. The van der Waals surface area contributed by atoms with Gasteiger partial charge in [0.2, 0.25) is 0 Å². The van der Waals surface area contributed by atoms with Crippen LogP contribution in [0.4, 0.5) is 0 Å². The minimum Gasteiger partial charge on any atom is -0.497 e. The number of carboxylic acids is 2. The number of rotatable bonds is 10. The molecule has 0 aliphatic carbocycles. The number of nitrogens with zero attached hydrogens (tertiary/aromatic N) is 2. The number of amides is 1. The Morgan fingerprint density at radius 2 is 1.73 bits per heavy atom. The lowest BCUT2D eigenvalue weighted by atomic mass is 10.0. The lowest BCUT2D eigenvalue weighted by molar-refractivity contribution is -0.148. The summed E-state index contributed by atoms with van der Waals surface area (Å²) in [4.78, 5) is 35.8. The number of nitrogens with one attached hydrogen (secondary N) is 1. The molecule has 0 saturated heterocycles. The first kappa shape index (κ1) is 23.5. The number of carbonyl (C=O) groups excluding carboxylic acids is 1. The normalized spacial score (nSPS) is 12.5. The maximum atomic E-state index is 12.8. The molecule has 0 aliphatic rings. The monoisotopic (exact) mass is 453 g/mol. The predicted octanol–water partition coefficient (Wildman–Crippen LogP) is 1.42. The van der Waals surface area contributed by atoms with Crippen molar-refractivity contribution in [3.63, 3.8) is 0 Å². The van der Waals surface area contributed by atoms with Crippen LogP contribution in [0.5, 0.6) is 5.75 Å². The van der Waals surface area contributed by atoms with Gasteiger partial charge in [-0.3, -0.25) is 9.48 Å². The number of benzene rings is 2. The van der Waals surface area contributed by atoms with Crippen molar-refractivity contribution in [2.75, 3.05) is 7.11 Å². The summed E-state index contributed by atoms with van der Waals surface area (Å²) < 4.78 is 6.32. The Labute approximate surface area is 189 Å². The average molecular weight is 453 g/mol. The Morgan fingerprint density at radius 1 is 1.03 bits per heavy atom. The van der Waals surface area contributed by atoms with E-state index in [0.717, 1.165) is 10.7 Å². The molecular formula is C23H23N3O7. The van der Waals surface area contributed by atoms with Gasteiger partial charge in [-0.1, -0.05) is 42.5 Å². The van der Waals surface area contributed by atoms with E-state index >= 15 is 0 Å². The molecule has 0 spiro atoms. The molecule has 1 heterocycles. The van der Waals surface area contributed by atoms with Crippen molar-refractivity contribution in [2.45, 2.75) is 25.1 Å². The van der Waals surface area contributed by atoms with Gasteiger partial charge in [0, 0.05) is 6.07 Å². The van der Waals surface area contributed by atoms with Crippen molar-refractivity contribution < 1.29 is 34.4 Å². The summed E-state index contributed by atoms with van der Waals surface area (Å²) in [5.41, 5.74) is 0.973. The van der Waals surface area contributed by atoms with Crippen LogP contribution in [0.3, 0.4) is 0 Å². The number of aliphatic carboxylic acids is 1. The zero-order chi connectivity index (χ0) is 24.0. The molecule has 0 bridgehead atoms. The molecule has 0 fully saturated rings. The number of hydrogen-bond acceptors (Lipinski definition) is 6. The number of aliphatic hydroxyl groups is 1. The van der Waals surface area contributed by atoms with Crippen LogP contribution in [0, 0.1) is 0 Å². The fourth-order valence-corrected chi connectivity index (χ4v) is 3.29. The maximum Gasteiger partial charge on any atom is 0.354 e. The van der Waals surface area contributed by atoms with Gasteiger partial charge in [0.1, 0.15) is 11.4 Å². The lowest BCUT2D eigenvalue weighted by Gasteiger charge is -2.21. The van der Waals surface area contributed by atoms with Crippen LogP contribution in [0.1, 0.15) is 32.1 Å². The van der Waals surface area contributed by atoms with Crippen LogP contribution in [-0.2, 0) is 17.8 Å². The first-order valence-electron chi connectivity index (χ1n) is 9.98. The molecule has 2 unspecified atom stereocenters. The molecule has 33 heavy (non-hydrogen) atoms. The van der Waals surface area contributed by atoms with Gasteiger partial charge < -0.3 is 25.4 Å². The summed E-state index contributed by atoms with van der Waals surface area (Å²) >= 11 is 0.